The zero-order chi connectivity index (χ0) is 26.3. The molecule has 0 saturated heterocycles. The summed E-state index contributed by atoms with van der Waals surface area (Å²) in [4.78, 5) is 22.1. The van der Waals surface area contributed by atoms with Gasteiger partial charge >= 0.3 is 6.09 Å². The molecule has 0 saturated carbocycles. The molecule has 4 rings (SSSR count). The molecule has 2 aromatic carbocycles. The highest BCUT2D eigenvalue weighted by molar-refractivity contribution is 6.07. The topological polar surface area (TPSA) is 81.1 Å². The summed E-state index contributed by atoms with van der Waals surface area (Å²) >= 11 is 0. The van der Waals surface area contributed by atoms with Crippen molar-refractivity contribution >= 4 is 33.8 Å². The van der Waals surface area contributed by atoms with Crippen LogP contribution in [0.2, 0.25) is 0 Å². The van der Waals surface area contributed by atoms with E-state index in [4.69, 9.17) is 14.7 Å². The number of unbranched alkanes of at least 4 members (excludes halogenated alkanes) is 2. The van der Waals surface area contributed by atoms with Crippen LogP contribution in [0.4, 0.5) is 10.6 Å². The van der Waals surface area contributed by atoms with E-state index in [9.17, 15) is 4.79 Å². The lowest BCUT2D eigenvalue weighted by Gasteiger charge is -2.19. The average Bonchev–Trinajstić information content (AvgIpc) is 3.24. The molecule has 0 aliphatic heterocycles. The number of nitrogens with one attached hydrogen (secondary N) is 2. The molecular formula is C30H39N5O2. The Balaban J connectivity index is 1.59. The standard InChI is InChI=1S/C30H39N5O2/c1-5-6-18-25-34-26-27(35(25)20-13-12-19-31-29(36)37-30(2,3)4)23-16-10-11-17-24(23)33-28(26)32-21-22-14-8-7-9-15-22/h7-11,14-17H,5-6,12-13,18-21H2,1-4H3,(H,31,36)(H,32,33). The van der Waals surface area contributed by atoms with E-state index in [0.717, 1.165) is 72.2 Å². The number of benzene rings is 2. The second-order valence-electron chi connectivity index (χ2n) is 10.4. The number of aromatic nitrogens is 3. The summed E-state index contributed by atoms with van der Waals surface area (Å²) in [6.07, 6.45) is 4.53. The van der Waals surface area contributed by atoms with Crippen LogP contribution in [0.5, 0.6) is 0 Å². The fourth-order valence-corrected chi connectivity index (χ4v) is 4.45. The molecule has 0 aliphatic carbocycles. The van der Waals surface area contributed by atoms with E-state index in [0.29, 0.717) is 13.1 Å². The number of hydrogen-bond acceptors (Lipinski definition) is 5. The fraction of sp³-hybridized carbons (Fsp3) is 0.433. The molecule has 0 radical (unpaired) electrons. The third-order valence-corrected chi connectivity index (χ3v) is 6.20. The summed E-state index contributed by atoms with van der Waals surface area (Å²) in [7, 11) is 0. The van der Waals surface area contributed by atoms with Crippen LogP contribution in [0.1, 0.15) is 64.8 Å². The maximum absolute atomic E-state index is 12.0. The highest BCUT2D eigenvalue weighted by Gasteiger charge is 2.19. The molecule has 0 unspecified atom stereocenters. The Labute approximate surface area is 219 Å². The maximum atomic E-state index is 12.0. The first-order chi connectivity index (χ1) is 17.9. The van der Waals surface area contributed by atoms with Gasteiger partial charge < -0.3 is 19.9 Å². The molecule has 37 heavy (non-hydrogen) atoms. The van der Waals surface area contributed by atoms with Crippen molar-refractivity contribution in [1.29, 1.82) is 0 Å². The zero-order valence-corrected chi connectivity index (χ0v) is 22.5. The number of carbonyl (C=O) groups is 1. The third kappa shape index (κ3) is 7.00. The minimum absolute atomic E-state index is 0.365. The van der Waals surface area contributed by atoms with Gasteiger partial charge in [0.1, 0.15) is 16.9 Å². The number of carbonyl (C=O) groups excluding carboxylic acids is 1. The van der Waals surface area contributed by atoms with Crippen LogP contribution in [0, 0.1) is 0 Å². The molecule has 7 nitrogen and oxygen atoms in total. The van der Waals surface area contributed by atoms with Crippen molar-refractivity contribution in [1.82, 2.24) is 19.9 Å². The molecule has 196 valence electrons. The monoisotopic (exact) mass is 501 g/mol. The predicted octanol–water partition coefficient (Wildman–Crippen LogP) is 6.84. The van der Waals surface area contributed by atoms with Gasteiger partial charge in [-0.1, -0.05) is 61.9 Å². The molecule has 0 aliphatic rings. The average molecular weight is 502 g/mol. The van der Waals surface area contributed by atoms with Crippen LogP contribution in [0.3, 0.4) is 0 Å². The molecule has 2 aromatic heterocycles. The molecule has 4 aromatic rings. The summed E-state index contributed by atoms with van der Waals surface area (Å²) in [5.74, 6) is 1.92. The van der Waals surface area contributed by atoms with Crippen LogP contribution < -0.4 is 10.6 Å². The van der Waals surface area contributed by atoms with Crippen molar-refractivity contribution in [2.45, 2.75) is 78.5 Å². The normalized spacial score (nSPS) is 11.7. The number of ether oxygens (including phenoxy) is 1. The Kier molecular flexibility index (Phi) is 8.64. The number of aryl methyl sites for hydroxylation is 2. The number of fused-ring (bicyclic) bond motifs is 3. The summed E-state index contributed by atoms with van der Waals surface area (Å²) in [6.45, 7) is 9.92. The number of anilines is 1. The SMILES string of the molecule is CCCCc1nc2c(NCc3ccccc3)nc3ccccc3c2n1CCCCNC(=O)OC(C)(C)C. The van der Waals surface area contributed by atoms with Gasteiger partial charge in [0.2, 0.25) is 0 Å². The van der Waals surface area contributed by atoms with Gasteiger partial charge in [-0.05, 0) is 51.7 Å². The van der Waals surface area contributed by atoms with Crippen LogP contribution >= 0.6 is 0 Å². The van der Waals surface area contributed by atoms with E-state index >= 15 is 0 Å². The Morgan fingerprint density at radius 3 is 2.49 bits per heavy atom. The number of para-hydroxylation sites is 1. The fourth-order valence-electron chi connectivity index (χ4n) is 4.45. The molecule has 7 heteroatoms. The van der Waals surface area contributed by atoms with Gasteiger partial charge in [-0.25, -0.2) is 14.8 Å². The molecule has 0 bridgehead atoms. The van der Waals surface area contributed by atoms with Gasteiger partial charge in [0.25, 0.3) is 0 Å². The quantitative estimate of drug-likeness (QED) is 0.220. The lowest BCUT2D eigenvalue weighted by Crippen LogP contribution is -2.33. The number of hydrogen-bond donors (Lipinski definition) is 2. The van der Waals surface area contributed by atoms with Gasteiger partial charge in [-0.3, -0.25) is 0 Å². The van der Waals surface area contributed by atoms with Crippen molar-refractivity contribution < 1.29 is 9.53 Å². The Bertz CT molecular complexity index is 1320. The highest BCUT2D eigenvalue weighted by atomic mass is 16.6. The van der Waals surface area contributed by atoms with Crippen molar-refractivity contribution in [3.05, 3.63) is 66.0 Å². The lowest BCUT2D eigenvalue weighted by atomic mass is 10.1. The van der Waals surface area contributed by atoms with E-state index in [1.54, 1.807) is 0 Å². The van der Waals surface area contributed by atoms with E-state index in [2.05, 4.69) is 64.6 Å². The second-order valence-corrected chi connectivity index (χ2v) is 10.4. The molecule has 1 amide bonds. The van der Waals surface area contributed by atoms with Crippen molar-refractivity contribution in [2.24, 2.45) is 0 Å². The highest BCUT2D eigenvalue weighted by Crippen LogP contribution is 2.31. The molecule has 0 fully saturated rings. The van der Waals surface area contributed by atoms with Crippen molar-refractivity contribution in [3.8, 4) is 0 Å². The van der Waals surface area contributed by atoms with E-state index < -0.39 is 5.60 Å². The van der Waals surface area contributed by atoms with Gasteiger partial charge in [0.05, 0.1) is 11.0 Å². The Morgan fingerprint density at radius 2 is 1.73 bits per heavy atom. The predicted molar refractivity (Wildman–Crippen MR) is 151 cm³/mol. The summed E-state index contributed by atoms with van der Waals surface area (Å²) in [6, 6.07) is 18.7. The molecule has 2 N–H and O–H groups in total. The van der Waals surface area contributed by atoms with Gasteiger partial charge in [0.15, 0.2) is 5.82 Å². The number of amides is 1. The maximum Gasteiger partial charge on any atom is 0.407 e. The lowest BCUT2D eigenvalue weighted by molar-refractivity contribution is 0.0527. The first-order valence-electron chi connectivity index (χ1n) is 13.4. The minimum Gasteiger partial charge on any atom is -0.444 e. The van der Waals surface area contributed by atoms with Crippen LogP contribution in [-0.4, -0.2) is 32.8 Å². The number of alkyl carbamates (subject to hydrolysis) is 1. The van der Waals surface area contributed by atoms with E-state index in [1.165, 1.54) is 5.56 Å². The number of imidazole rings is 1. The second kappa shape index (κ2) is 12.1. The van der Waals surface area contributed by atoms with Gasteiger partial charge in [0, 0.05) is 31.4 Å². The van der Waals surface area contributed by atoms with Crippen LogP contribution in [0.25, 0.3) is 21.9 Å². The largest absolute Gasteiger partial charge is 0.444 e. The molecule has 0 spiro atoms. The number of rotatable bonds is 11. The van der Waals surface area contributed by atoms with E-state index in [1.807, 2.05) is 32.9 Å². The van der Waals surface area contributed by atoms with Gasteiger partial charge in [-0.15, -0.1) is 0 Å². The zero-order valence-electron chi connectivity index (χ0n) is 22.5. The first kappa shape index (κ1) is 26.5. The Hall–Kier alpha value is -3.61. The van der Waals surface area contributed by atoms with Gasteiger partial charge in [-0.2, -0.15) is 0 Å². The smallest absolute Gasteiger partial charge is 0.407 e. The van der Waals surface area contributed by atoms with Crippen molar-refractivity contribution in [3.63, 3.8) is 0 Å². The van der Waals surface area contributed by atoms with E-state index in [-0.39, 0.29) is 6.09 Å². The number of pyridine rings is 1. The Morgan fingerprint density at radius 1 is 0.973 bits per heavy atom. The van der Waals surface area contributed by atoms with Crippen molar-refractivity contribution in [2.75, 3.05) is 11.9 Å². The summed E-state index contributed by atoms with van der Waals surface area (Å²) in [5.41, 5.74) is 3.73. The van der Waals surface area contributed by atoms with Crippen LogP contribution in [0.15, 0.2) is 54.6 Å². The summed E-state index contributed by atoms with van der Waals surface area (Å²) < 4.78 is 7.72. The first-order valence-corrected chi connectivity index (χ1v) is 13.4. The third-order valence-electron chi connectivity index (χ3n) is 6.20. The molecule has 0 atom stereocenters. The summed E-state index contributed by atoms with van der Waals surface area (Å²) in [5, 5.41) is 7.54. The molecular weight excluding hydrogens is 462 g/mol. The van der Waals surface area contributed by atoms with Crippen LogP contribution in [-0.2, 0) is 24.2 Å². The minimum atomic E-state index is -0.491. The number of nitrogens with zero attached hydrogens (tertiary/aromatic N) is 3. The molecule has 2 heterocycles.